The minimum absolute atomic E-state index is 0.0115. The summed E-state index contributed by atoms with van der Waals surface area (Å²) in [7, 11) is 0. The third kappa shape index (κ3) is 5.54. The minimum atomic E-state index is -0.545. The number of nitrogens with one attached hydrogen (secondary N) is 2. The lowest BCUT2D eigenvalue weighted by atomic mass is 10.0. The molecule has 0 aromatic heterocycles. The van der Waals surface area contributed by atoms with Gasteiger partial charge in [-0.15, -0.1) is 0 Å². The zero-order valence-corrected chi connectivity index (χ0v) is 15.7. The Labute approximate surface area is 158 Å². The van der Waals surface area contributed by atoms with Gasteiger partial charge >= 0.3 is 12.0 Å². The molecule has 0 bridgehead atoms. The van der Waals surface area contributed by atoms with Crippen molar-refractivity contribution in [3.63, 3.8) is 0 Å². The van der Waals surface area contributed by atoms with Crippen LogP contribution in [0.25, 0.3) is 0 Å². The molecule has 0 aliphatic carbocycles. The van der Waals surface area contributed by atoms with E-state index in [0.29, 0.717) is 0 Å². The summed E-state index contributed by atoms with van der Waals surface area (Å²) in [4.78, 5) is 47.8. The van der Waals surface area contributed by atoms with Crippen molar-refractivity contribution in [3.8, 4) is 0 Å². The van der Waals surface area contributed by atoms with E-state index < -0.39 is 17.9 Å². The number of para-hydroxylation sites is 1. The number of benzene rings is 1. The van der Waals surface area contributed by atoms with Gasteiger partial charge in [-0.1, -0.05) is 32.0 Å². The Hall–Kier alpha value is -2.90. The maximum absolute atomic E-state index is 12.1. The minimum Gasteiger partial charge on any atom is -0.456 e. The largest absolute Gasteiger partial charge is 0.456 e. The lowest BCUT2D eigenvalue weighted by Crippen LogP contribution is -2.32. The summed E-state index contributed by atoms with van der Waals surface area (Å²) >= 11 is 0. The summed E-state index contributed by atoms with van der Waals surface area (Å²) in [6.07, 6.45) is 1.88. The molecule has 27 heavy (non-hydrogen) atoms. The Morgan fingerprint density at radius 1 is 1.19 bits per heavy atom. The second-order valence-electron chi connectivity index (χ2n) is 6.17. The SMILES string of the molecule is CCc1cccc(CC)c1NC(=O)COC(=O)CCCN1C(=O)CNC1=O. The number of carbonyl (C=O) groups is 4. The predicted octanol–water partition coefficient (Wildman–Crippen LogP) is 1.63. The lowest BCUT2D eigenvalue weighted by molar-refractivity contribution is -0.147. The average molecular weight is 375 g/mol. The number of nitrogens with zero attached hydrogens (tertiary/aromatic N) is 1. The van der Waals surface area contributed by atoms with Crippen LogP contribution in [-0.4, -0.2) is 48.4 Å². The fourth-order valence-electron chi connectivity index (χ4n) is 2.86. The zero-order chi connectivity index (χ0) is 19.8. The molecule has 2 N–H and O–H groups in total. The van der Waals surface area contributed by atoms with Crippen LogP contribution < -0.4 is 10.6 Å². The van der Waals surface area contributed by atoms with E-state index in [4.69, 9.17) is 4.74 Å². The molecule has 4 amide bonds. The van der Waals surface area contributed by atoms with Crippen LogP contribution in [0, 0.1) is 0 Å². The number of imide groups is 1. The topological polar surface area (TPSA) is 105 Å². The molecular formula is C19H25N3O5. The molecule has 1 aliphatic heterocycles. The van der Waals surface area contributed by atoms with Crippen LogP contribution in [0.1, 0.15) is 37.8 Å². The normalized spacial score (nSPS) is 13.5. The number of carbonyl (C=O) groups excluding carboxylic acids is 4. The Morgan fingerprint density at radius 3 is 2.41 bits per heavy atom. The summed E-state index contributed by atoms with van der Waals surface area (Å²) in [5.41, 5.74) is 2.84. The second-order valence-corrected chi connectivity index (χ2v) is 6.17. The van der Waals surface area contributed by atoms with E-state index >= 15 is 0 Å². The average Bonchev–Trinajstić information content (AvgIpc) is 2.98. The molecule has 1 saturated heterocycles. The smallest absolute Gasteiger partial charge is 0.324 e. The van der Waals surface area contributed by atoms with Gasteiger partial charge in [-0.05, 0) is 30.4 Å². The van der Waals surface area contributed by atoms with Gasteiger partial charge in [0.2, 0.25) is 5.91 Å². The maximum Gasteiger partial charge on any atom is 0.324 e. The van der Waals surface area contributed by atoms with Crippen LogP contribution in [0.4, 0.5) is 10.5 Å². The molecule has 8 heteroatoms. The van der Waals surface area contributed by atoms with Gasteiger partial charge in [0.15, 0.2) is 6.61 Å². The standard InChI is InChI=1S/C19H25N3O5/c1-3-13-7-5-8-14(4-2)18(13)21-15(23)12-27-17(25)9-6-10-22-16(24)11-20-19(22)26/h5,7-8H,3-4,6,9-12H2,1-2H3,(H,20,26)(H,21,23). The summed E-state index contributed by atoms with van der Waals surface area (Å²) in [6, 6.07) is 5.42. The first-order chi connectivity index (χ1) is 13.0. The van der Waals surface area contributed by atoms with Gasteiger partial charge in [0.1, 0.15) is 0 Å². The first-order valence-corrected chi connectivity index (χ1v) is 9.10. The number of anilines is 1. The number of amides is 4. The molecule has 146 valence electrons. The molecule has 1 fully saturated rings. The van der Waals surface area contributed by atoms with E-state index in [1.54, 1.807) is 0 Å². The van der Waals surface area contributed by atoms with Gasteiger partial charge in [-0.2, -0.15) is 0 Å². The zero-order valence-electron chi connectivity index (χ0n) is 15.7. The van der Waals surface area contributed by atoms with Crippen LogP contribution in [0.2, 0.25) is 0 Å². The van der Waals surface area contributed by atoms with Gasteiger partial charge in [-0.25, -0.2) is 4.79 Å². The van der Waals surface area contributed by atoms with E-state index in [2.05, 4.69) is 10.6 Å². The number of urea groups is 1. The second kappa shape index (κ2) is 9.70. The number of rotatable bonds is 9. The fraction of sp³-hybridized carbons (Fsp3) is 0.474. The lowest BCUT2D eigenvalue weighted by Gasteiger charge is -2.14. The highest BCUT2D eigenvalue weighted by atomic mass is 16.5. The van der Waals surface area contributed by atoms with Gasteiger partial charge in [0.25, 0.3) is 5.91 Å². The molecule has 1 heterocycles. The van der Waals surface area contributed by atoms with E-state index in [9.17, 15) is 19.2 Å². The molecule has 0 saturated carbocycles. The van der Waals surface area contributed by atoms with Crippen LogP contribution in [0.3, 0.4) is 0 Å². The molecule has 2 rings (SSSR count). The summed E-state index contributed by atoms with van der Waals surface area (Å²) < 4.78 is 4.99. The van der Waals surface area contributed by atoms with E-state index in [1.165, 1.54) is 0 Å². The predicted molar refractivity (Wildman–Crippen MR) is 99.1 cm³/mol. The number of aryl methyl sites for hydroxylation is 2. The highest BCUT2D eigenvalue weighted by Crippen LogP contribution is 2.22. The van der Waals surface area contributed by atoms with Crippen LogP contribution in [0.5, 0.6) is 0 Å². The van der Waals surface area contributed by atoms with Crippen molar-refractivity contribution in [1.29, 1.82) is 0 Å². The highest BCUT2D eigenvalue weighted by molar-refractivity contribution is 6.01. The number of hydrogen-bond donors (Lipinski definition) is 2. The molecule has 0 atom stereocenters. The van der Waals surface area contributed by atoms with Crippen molar-refractivity contribution < 1.29 is 23.9 Å². The number of hydrogen-bond acceptors (Lipinski definition) is 5. The molecule has 0 radical (unpaired) electrons. The van der Waals surface area contributed by atoms with Gasteiger partial charge in [0, 0.05) is 18.7 Å². The van der Waals surface area contributed by atoms with Crippen molar-refractivity contribution >= 4 is 29.5 Å². The number of esters is 1. The molecule has 1 aliphatic rings. The maximum atomic E-state index is 12.1. The molecule has 1 aromatic rings. The Bertz CT molecular complexity index is 694. The van der Waals surface area contributed by atoms with Gasteiger partial charge in [-0.3, -0.25) is 19.3 Å². The molecule has 0 unspecified atom stereocenters. The molecule has 0 spiro atoms. The van der Waals surface area contributed by atoms with Crippen molar-refractivity contribution in [2.45, 2.75) is 39.5 Å². The molecule has 1 aromatic carbocycles. The summed E-state index contributed by atoms with van der Waals surface area (Å²) in [6.45, 7) is 3.78. The summed E-state index contributed by atoms with van der Waals surface area (Å²) in [5.74, 6) is -1.25. The van der Waals surface area contributed by atoms with Gasteiger partial charge < -0.3 is 15.4 Å². The molecule has 8 nitrogen and oxygen atoms in total. The third-order valence-electron chi connectivity index (χ3n) is 4.33. The van der Waals surface area contributed by atoms with Crippen molar-refractivity contribution in [2.75, 3.05) is 25.0 Å². The Kier molecular flexibility index (Phi) is 7.34. The van der Waals surface area contributed by atoms with Crippen molar-refractivity contribution in [1.82, 2.24) is 10.2 Å². The van der Waals surface area contributed by atoms with Gasteiger partial charge in [0.05, 0.1) is 6.54 Å². The van der Waals surface area contributed by atoms with Crippen LogP contribution >= 0.6 is 0 Å². The van der Waals surface area contributed by atoms with E-state index in [0.717, 1.165) is 34.6 Å². The van der Waals surface area contributed by atoms with E-state index in [-0.39, 0.29) is 38.4 Å². The van der Waals surface area contributed by atoms with Crippen molar-refractivity contribution in [2.24, 2.45) is 0 Å². The fourth-order valence-corrected chi connectivity index (χ4v) is 2.86. The first-order valence-electron chi connectivity index (χ1n) is 9.10. The Morgan fingerprint density at radius 2 is 1.85 bits per heavy atom. The first kappa shape index (κ1) is 20.4. The van der Waals surface area contributed by atoms with Crippen molar-refractivity contribution in [3.05, 3.63) is 29.3 Å². The van der Waals surface area contributed by atoms with E-state index in [1.807, 2.05) is 32.0 Å². The quantitative estimate of drug-likeness (QED) is 0.504. The highest BCUT2D eigenvalue weighted by Gasteiger charge is 2.27. The molecular weight excluding hydrogens is 350 g/mol. The monoisotopic (exact) mass is 375 g/mol. The third-order valence-corrected chi connectivity index (χ3v) is 4.33. The number of ether oxygens (including phenoxy) is 1. The van der Waals surface area contributed by atoms with Crippen LogP contribution in [0.15, 0.2) is 18.2 Å². The summed E-state index contributed by atoms with van der Waals surface area (Å²) in [5, 5.41) is 5.23. The van der Waals surface area contributed by atoms with Crippen LogP contribution in [-0.2, 0) is 32.0 Å². The Balaban J connectivity index is 1.76.